The number of fused-ring (bicyclic) bond motifs is 1. The zero-order valence-electron chi connectivity index (χ0n) is 13.7. The number of methoxy groups -OCH3 is 2. The standard InChI is InChI=1S/C18H22N2O3/c1-20-7-6-18(5-4-14(21)10-16(18)20)13-8-12(11-19)17(23-3)15(9-13)22-2/h4-5,8-9,14,16,21H,6-7,10H2,1-3H3/t14-,16-,18-/m0/s1. The van der Waals surface area contributed by atoms with Crippen LogP contribution in [0.5, 0.6) is 11.5 Å². The number of nitriles is 1. The molecule has 1 aliphatic carbocycles. The number of aliphatic hydroxyl groups is 1. The molecule has 1 heterocycles. The van der Waals surface area contributed by atoms with Gasteiger partial charge in [0.1, 0.15) is 6.07 Å². The van der Waals surface area contributed by atoms with E-state index in [1.807, 2.05) is 18.2 Å². The van der Waals surface area contributed by atoms with Gasteiger partial charge in [0.05, 0.1) is 25.9 Å². The van der Waals surface area contributed by atoms with Gasteiger partial charge in [-0.25, -0.2) is 0 Å². The third-order valence-electron chi connectivity index (χ3n) is 5.22. The summed E-state index contributed by atoms with van der Waals surface area (Å²) in [5.41, 5.74) is 1.33. The quantitative estimate of drug-likeness (QED) is 0.862. The van der Waals surface area contributed by atoms with E-state index in [2.05, 4.69) is 24.1 Å². The highest BCUT2D eigenvalue weighted by molar-refractivity contribution is 5.57. The Hall–Kier alpha value is -2.03. The summed E-state index contributed by atoms with van der Waals surface area (Å²) in [6, 6.07) is 6.28. The zero-order valence-corrected chi connectivity index (χ0v) is 13.7. The number of rotatable bonds is 3. The van der Waals surface area contributed by atoms with E-state index in [0.717, 1.165) is 18.5 Å². The number of likely N-dealkylation sites (tertiary alicyclic amines) is 1. The summed E-state index contributed by atoms with van der Waals surface area (Å²) in [6.07, 6.45) is 5.22. The van der Waals surface area contributed by atoms with E-state index in [4.69, 9.17) is 9.47 Å². The fourth-order valence-electron chi connectivity index (χ4n) is 4.00. The molecule has 0 amide bonds. The van der Waals surface area contributed by atoms with Gasteiger partial charge >= 0.3 is 0 Å². The first-order chi connectivity index (χ1) is 11.1. The van der Waals surface area contributed by atoms with Gasteiger partial charge in [0.25, 0.3) is 0 Å². The maximum atomic E-state index is 10.0. The second kappa shape index (κ2) is 5.88. The van der Waals surface area contributed by atoms with E-state index >= 15 is 0 Å². The summed E-state index contributed by atoms with van der Waals surface area (Å²) in [6.45, 7) is 0.956. The minimum atomic E-state index is -0.413. The number of likely N-dealkylation sites (N-methyl/N-ethyl adjacent to an activating group) is 1. The molecule has 1 aromatic rings. The second-order valence-electron chi connectivity index (χ2n) is 6.32. The molecule has 0 saturated carbocycles. The Morgan fingerprint density at radius 1 is 1.35 bits per heavy atom. The first-order valence-electron chi connectivity index (χ1n) is 7.80. The largest absolute Gasteiger partial charge is 0.493 e. The van der Waals surface area contributed by atoms with Crippen molar-refractivity contribution in [2.75, 3.05) is 27.8 Å². The highest BCUT2D eigenvalue weighted by Gasteiger charge is 2.48. The summed E-state index contributed by atoms with van der Waals surface area (Å²) in [4.78, 5) is 2.29. The van der Waals surface area contributed by atoms with Crippen LogP contribution >= 0.6 is 0 Å². The lowest BCUT2D eigenvalue weighted by atomic mass is 9.69. The van der Waals surface area contributed by atoms with Crippen LogP contribution < -0.4 is 9.47 Å². The Kier molecular flexibility index (Phi) is 4.05. The van der Waals surface area contributed by atoms with Gasteiger partial charge in [-0.2, -0.15) is 5.26 Å². The molecule has 5 nitrogen and oxygen atoms in total. The van der Waals surface area contributed by atoms with Crippen molar-refractivity contribution < 1.29 is 14.6 Å². The third kappa shape index (κ3) is 2.39. The SMILES string of the molecule is COc1cc([C@@]23C=C[C@H](O)C[C@@H]2N(C)CC3)cc(C#N)c1OC. The van der Waals surface area contributed by atoms with Crippen LogP contribution in [-0.2, 0) is 5.41 Å². The number of ether oxygens (including phenoxy) is 2. The number of hydrogen-bond acceptors (Lipinski definition) is 5. The van der Waals surface area contributed by atoms with Gasteiger partial charge in [-0.3, -0.25) is 0 Å². The second-order valence-corrected chi connectivity index (χ2v) is 6.32. The molecule has 2 aliphatic rings. The highest BCUT2D eigenvalue weighted by Crippen LogP contribution is 2.47. The molecule has 23 heavy (non-hydrogen) atoms. The first kappa shape index (κ1) is 15.9. The Bertz CT molecular complexity index is 680. The fourth-order valence-corrected chi connectivity index (χ4v) is 4.00. The van der Waals surface area contributed by atoms with Gasteiger partial charge < -0.3 is 19.5 Å². The van der Waals surface area contributed by atoms with E-state index in [1.54, 1.807) is 14.2 Å². The molecule has 1 aliphatic heterocycles. The van der Waals surface area contributed by atoms with Crippen LogP contribution in [0.3, 0.4) is 0 Å². The molecule has 122 valence electrons. The van der Waals surface area contributed by atoms with E-state index in [9.17, 15) is 10.4 Å². The molecule has 0 bridgehead atoms. The molecule has 5 heteroatoms. The monoisotopic (exact) mass is 314 g/mol. The molecule has 3 rings (SSSR count). The van der Waals surface area contributed by atoms with E-state index in [0.29, 0.717) is 23.5 Å². The summed E-state index contributed by atoms with van der Waals surface area (Å²) in [5, 5.41) is 19.5. The van der Waals surface area contributed by atoms with Crippen molar-refractivity contribution >= 4 is 0 Å². The van der Waals surface area contributed by atoms with Crippen LogP contribution in [-0.4, -0.2) is 50.0 Å². The fraction of sp³-hybridized carbons (Fsp3) is 0.500. The highest BCUT2D eigenvalue weighted by atomic mass is 16.5. The van der Waals surface area contributed by atoms with E-state index in [-0.39, 0.29) is 11.5 Å². The lowest BCUT2D eigenvalue weighted by Crippen LogP contribution is -2.44. The number of benzene rings is 1. The molecule has 0 aromatic heterocycles. The van der Waals surface area contributed by atoms with Crippen molar-refractivity contribution in [1.29, 1.82) is 5.26 Å². The summed E-state index contributed by atoms with van der Waals surface area (Å²) < 4.78 is 10.8. The average molecular weight is 314 g/mol. The van der Waals surface area contributed by atoms with Crippen molar-refractivity contribution in [3.63, 3.8) is 0 Å². The van der Waals surface area contributed by atoms with Gasteiger partial charge in [-0.05, 0) is 44.1 Å². The number of nitrogens with zero attached hydrogens (tertiary/aromatic N) is 2. The van der Waals surface area contributed by atoms with Crippen molar-refractivity contribution in [2.24, 2.45) is 0 Å². The first-order valence-corrected chi connectivity index (χ1v) is 7.80. The molecular formula is C18H22N2O3. The van der Waals surface area contributed by atoms with Crippen molar-refractivity contribution in [1.82, 2.24) is 4.90 Å². The molecule has 1 fully saturated rings. The Labute approximate surface area is 136 Å². The predicted molar refractivity (Wildman–Crippen MR) is 86.7 cm³/mol. The van der Waals surface area contributed by atoms with E-state index in [1.165, 1.54) is 0 Å². The lowest BCUT2D eigenvalue weighted by molar-refractivity contribution is 0.137. The Morgan fingerprint density at radius 3 is 2.78 bits per heavy atom. The minimum absolute atomic E-state index is 0.195. The number of hydrogen-bond donors (Lipinski definition) is 1. The van der Waals surface area contributed by atoms with E-state index < -0.39 is 6.10 Å². The van der Waals surface area contributed by atoms with Crippen LogP contribution in [0.4, 0.5) is 0 Å². The van der Waals surface area contributed by atoms with Crippen LogP contribution in [0.25, 0.3) is 0 Å². The smallest absolute Gasteiger partial charge is 0.178 e. The molecule has 1 N–H and O–H groups in total. The van der Waals surface area contributed by atoms with Crippen molar-refractivity contribution in [3.8, 4) is 17.6 Å². The van der Waals surface area contributed by atoms with Crippen LogP contribution in [0, 0.1) is 11.3 Å². The zero-order chi connectivity index (χ0) is 16.6. The minimum Gasteiger partial charge on any atom is -0.493 e. The van der Waals surface area contributed by atoms with Gasteiger partial charge in [0, 0.05) is 11.5 Å². The average Bonchev–Trinajstić information content (AvgIpc) is 2.91. The van der Waals surface area contributed by atoms with Gasteiger partial charge in [0.15, 0.2) is 11.5 Å². The van der Waals surface area contributed by atoms with Crippen LogP contribution in [0.1, 0.15) is 24.0 Å². The predicted octanol–water partition coefficient (Wildman–Crippen LogP) is 1.84. The topological polar surface area (TPSA) is 65.7 Å². The summed E-state index contributed by atoms with van der Waals surface area (Å²) >= 11 is 0. The molecule has 0 unspecified atom stereocenters. The van der Waals surface area contributed by atoms with Crippen molar-refractivity contribution in [3.05, 3.63) is 35.4 Å². The molecule has 0 radical (unpaired) electrons. The van der Waals surface area contributed by atoms with Gasteiger partial charge in [-0.15, -0.1) is 0 Å². The molecule has 3 atom stereocenters. The van der Waals surface area contributed by atoms with Crippen molar-refractivity contribution in [2.45, 2.75) is 30.4 Å². The Morgan fingerprint density at radius 2 is 2.13 bits per heavy atom. The number of aliphatic hydroxyl groups excluding tert-OH is 1. The normalized spacial score (nSPS) is 29.9. The Balaban J connectivity index is 2.17. The summed E-state index contributed by atoms with van der Waals surface area (Å²) in [7, 11) is 5.21. The lowest BCUT2D eigenvalue weighted by Gasteiger charge is -2.39. The molecule has 0 spiro atoms. The van der Waals surface area contributed by atoms with Gasteiger partial charge in [0.2, 0.25) is 0 Å². The molecule has 1 saturated heterocycles. The molecule has 1 aromatic carbocycles. The molecular weight excluding hydrogens is 292 g/mol. The van der Waals surface area contributed by atoms with Crippen LogP contribution in [0.15, 0.2) is 24.3 Å². The third-order valence-corrected chi connectivity index (χ3v) is 5.22. The van der Waals surface area contributed by atoms with Gasteiger partial charge in [-0.1, -0.05) is 12.2 Å². The summed E-state index contributed by atoms with van der Waals surface area (Å²) in [5.74, 6) is 1.04. The van der Waals surface area contributed by atoms with Crippen LogP contribution in [0.2, 0.25) is 0 Å². The maximum absolute atomic E-state index is 10.0. The maximum Gasteiger partial charge on any atom is 0.178 e.